The van der Waals surface area contributed by atoms with E-state index in [1.165, 1.54) is 4.88 Å². The molecule has 0 aliphatic heterocycles. The van der Waals surface area contributed by atoms with Crippen molar-refractivity contribution in [2.24, 2.45) is 0 Å². The number of benzene rings is 1. The molecule has 0 radical (unpaired) electrons. The molecule has 1 aromatic carbocycles. The Morgan fingerprint density at radius 1 is 1.35 bits per heavy atom. The van der Waals surface area contributed by atoms with Gasteiger partial charge in [0.25, 0.3) is 0 Å². The smallest absolute Gasteiger partial charge is 0.125 e. The summed E-state index contributed by atoms with van der Waals surface area (Å²) in [5.74, 6) is 1.22. The Morgan fingerprint density at radius 3 is 2.90 bits per heavy atom. The van der Waals surface area contributed by atoms with Crippen LogP contribution in [0.15, 0.2) is 24.4 Å². The van der Waals surface area contributed by atoms with Crippen LogP contribution in [0, 0.1) is 0 Å². The van der Waals surface area contributed by atoms with Gasteiger partial charge in [0, 0.05) is 16.1 Å². The molecule has 20 heavy (non-hydrogen) atoms. The first-order chi connectivity index (χ1) is 9.71. The summed E-state index contributed by atoms with van der Waals surface area (Å²) in [6, 6.07) is 5.72. The molecule has 2 heterocycles. The molecule has 2 aromatic heterocycles. The second-order valence-electron chi connectivity index (χ2n) is 4.45. The van der Waals surface area contributed by atoms with Crippen molar-refractivity contribution in [1.82, 2.24) is 14.5 Å². The molecule has 3 nitrogen and oxygen atoms in total. The highest BCUT2D eigenvalue weighted by Gasteiger charge is 2.12. The summed E-state index contributed by atoms with van der Waals surface area (Å²) in [5, 5.41) is 1.76. The summed E-state index contributed by atoms with van der Waals surface area (Å²) in [5.41, 5.74) is 1.92. The highest BCUT2D eigenvalue weighted by atomic mass is 35.5. The third kappa shape index (κ3) is 2.55. The van der Waals surface area contributed by atoms with E-state index in [0.717, 1.165) is 28.3 Å². The summed E-state index contributed by atoms with van der Waals surface area (Å²) >= 11 is 13.8. The van der Waals surface area contributed by atoms with Crippen molar-refractivity contribution in [2.75, 3.05) is 0 Å². The van der Waals surface area contributed by atoms with Gasteiger partial charge in [-0.15, -0.1) is 22.9 Å². The minimum absolute atomic E-state index is 0.373. The molecular weight excluding hydrogens is 313 g/mol. The predicted molar refractivity (Wildman–Crippen MR) is 84.9 cm³/mol. The molecule has 0 aliphatic carbocycles. The molecule has 0 unspecified atom stereocenters. The quantitative estimate of drug-likeness (QED) is 0.661. The van der Waals surface area contributed by atoms with Crippen molar-refractivity contribution in [2.45, 2.75) is 25.8 Å². The summed E-state index contributed by atoms with van der Waals surface area (Å²) in [4.78, 5) is 10.3. The maximum absolute atomic E-state index is 6.01. The molecule has 0 saturated heterocycles. The van der Waals surface area contributed by atoms with Gasteiger partial charge < -0.3 is 4.57 Å². The molecule has 0 saturated carbocycles. The maximum atomic E-state index is 6.01. The van der Waals surface area contributed by atoms with Gasteiger partial charge in [-0.25, -0.2) is 9.97 Å². The van der Waals surface area contributed by atoms with E-state index < -0.39 is 0 Å². The van der Waals surface area contributed by atoms with E-state index in [-0.39, 0.29) is 0 Å². The molecule has 0 bridgehead atoms. The molecule has 0 atom stereocenters. The van der Waals surface area contributed by atoms with Gasteiger partial charge in [0.05, 0.1) is 23.5 Å². The van der Waals surface area contributed by atoms with Crippen molar-refractivity contribution >= 4 is 45.6 Å². The Hall–Kier alpha value is -1.10. The molecule has 0 amide bonds. The highest BCUT2D eigenvalue weighted by molar-refractivity contribution is 7.11. The number of hydrogen-bond acceptors (Lipinski definition) is 3. The number of aromatic nitrogens is 3. The zero-order valence-corrected chi connectivity index (χ0v) is 13.3. The molecule has 0 spiro atoms. The summed E-state index contributed by atoms with van der Waals surface area (Å²) in [6.07, 6.45) is 2.96. The zero-order chi connectivity index (χ0) is 14.1. The average molecular weight is 326 g/mol. The largest absolute Gasteiger partial charge is 0.320 e. The fraction of sp³-hybridized carbons (Fsp3) is 0.286. The normalized spacial score (nSPS) is 11.3. The highest BCUT2D eigenvalue weighted by Crippen LogP contribution is 2.24. The Kier molecular flexibility index (Phi) is 3.96. The minimum atomic E-state index is 0.373. The molecule has 3 aromatic rings. The Balaban J connectivity index is 2.04. The van der Waals surface area contributed by atoms with Crippen molar-refractivity contribution < 1.29 is 0 Å². The van der Waals surface area contributed by atoms with Crippen molar-refractivity contribution in [3.8, 4) is 0 Å². The summed E-state index contributed by atoms with van der Waals surface area (Å²) in [7, 11) is 0. The Labute approximate surface area is 131 Å². The van der Waals surface area contributed by atoms with Gasteiger partial charge in [-0.1, -0.05) is 18.5 Å². The van der Waals surface area contributed by atoms with Gasteiger partial charge in [0.1, 0.15) is 10.8 Å². The number of halogens is 2. The maximum Gasteiger partial charge on any atom is 0.125 e. The second kappa shape index (κ2) is 5.72. The predicted octanol–water partition coefficient (Wildman–Crippen LogP) is 4.50. The van der Waals surface area contributed by atoms with Crippen LogP contribution in [0.25, 0.3) is 11.0 Å². The SMILES string of the molecule is CCc1cnc(Cn2c(CCl)nc3cc(Cl)ccc32)s1. The molecule has 6 heteroatoms. The van der Waals surface area contributed by atoms with Crippen molar-refractivity contribution in [3.05, 3.63) is 45.1 Å². The van der Waals surface area contributed by atoms with Crippen LogP contribution in [-0.2, 0) is 18.8 Å². The zero-order valence-electron chi connectivity index (χ0n) is 10.9. The van der Waals surface area contributed by atoms with Crippen LogP contribution in [0.2, 0.25) is 5.02 Å². The number of thiazole rings is 1. The Morgan fingerprint density at radius 2 is 2.20 bits per heavy atom. The number of aryl methyl sites for hydroxylation is 1. The third-order valence-corrected chi connectivity index (χ3v) is 4.75. The standard InChI is InChI=1S/C14H13Cl2N3S/c1-2-10-7-17-14(20-10)8-19-12-4-3-9(16)5-11(12)18-13(19)6-15/h3-5,7H,2,6,8H2,1H3. The van der Waals surface area contributed by atoms with E-state index in [2.05, 4.69) is 21.5 Å². The molecular formula is C14H13Cl2N3S. The van der Waals surface area contributed by atoms with E-state index in [4.69, 9.17) is 23.2 Å². The van der Waals surface area contributed by atoms with Crippen LogP contribution in [0.4, 0.5) is 0 Å². The van der Waals surface area contributed by atoms with Crippen LogP contribution in [0.5, 0.6) is 0 Å². The van der Waals surface area contributed by atoms with Crippen LogP contribution < -0.4 is 0 Å². The summed E-state index contributed by atoms with van der Waals surface area (Å²) < 4.78 is 2.11. The van der Waals surface area contributed by atoms with Gasteiger partial charge in [-0.2, -0.15) is 0 Å². The van der Waals surface area contributed by atoms with E-state index in [9.17, 15) is 0 Å². The van der Waals surface area contributed by atoms with Crippen molar-refractivity contribution in [3.63, 3.8) is 0 Å². The topological polar surface area (TPSA) is 30.7 Å². The lowest BCUT2D eigenvalue weighted by atomic mass is 10.3. The van der Waals surface area contributed by atoms with E-state index in [1.54, 1.807) is 11.3 Å². The summed E-state index contributed by atoms with van der Waals surface area (Å²) in [6.45, 7) is 2.83. The number of hydrogen-bond donors (Lipinski definition) is 0. The minimum Gasteiger partial charge on any atom is -0.320 e. The van der Waals surface area contributed by atoms with Crippen LogP contribution in [0.3, 0.4) is 0 Å². The molecule has 0 aliphatic rings. The number of fused-ring (bicyclic) bond motifs is 1. The monoisotopic (exact) mass is 325 g/mol. The third-order valence-electron chi connectivity index (χ3n) is 3.15. The van der Waals surface area contributed by atoms with Gasteiger partial charge in [-0.3, -0.25) is 0 Å². The van der Waals surface area contributed by atoms with Crippen LogP contribution >= 0.6 is 34.5 Å². The lowest BCUT2D eigenvalue weighted by Crippen LogP contribution is -2.03. The fourth-order valence-electron chi connectivity index (χ4n) is 2.15. The van der Waals surface area contributed by atoms with Crippen LogP contribution in [-0.4, -0.2) is 14.5 Å². The van der Waals surface area contributed by atoms with E-state index in [0.29, 0.717) is 17.4 Å². The van der Waals surface area contributed by atoms with E-state index >= 15 is 0 Å². The average Bonchev–Trinajstić information content (AvgIpc) is 3.03. The van der Waals surface area contributed by atoms with Crippen molar-refractivity contribution in [1.29, 1.82) is 0 Å². The second-order valence-corrected chi connectivity index (χ2v) is 6.36. The number of rotatable bonds is 4. The molecule has 3 rings (SSSR count). The first-order valence-electron chi connectivity index (χ1n) is 6.35. The van der Waals surface area contributed by atoms with Crippen LogP contribution in [0.1, 0.15) is 22.6 Å². The fourth-order valence-corrected chi connectivity index (χ4v) is 3.37. The number of imidazole rings is 1. The van der Waals surface area contributed by atoms with Gasteiger partial charge in [-0.05, 0) is 24.6 Å². The molecule has 0 fully saturated rings. The van der Waals surface area contributed by atoms with E-state index in [1.807, 2.05) is 24.4 Å². The van der Waals surface area contributed by atoms with Gasteiger partial charge in [0.2, 0.25) is 0 Å². The van der Waals surface area contributed by atoms with Gasteiger partial charge >= 0.3 is 0 Å². The van der Waals surface area contributed by atoms with Gasteiger partial charge in [0.15, 0.2) is 0 Å². The Bertz CT molecular complexity index is 748. The molecule has 0 N–H and O–H groups in total. The lowest BCUT2D eigenvalue weighted by molar-refractivity contribution is 0.773. The number of nitrogens with zero attached hydrogens (tertiary/aromatic N) is 3. The number of alkyl halides is 1. The lowest BCUT2D eigenvalue weighted by Gasteiger charge is -2.05. The first-order valence-corrected chi connectivity index (χ1v) is 8.08. The molecule has 104 valence electrons. The first kappa shape index (κ1) is 13.9.